The van der Waals surface area contributed by atoms with Gasteiger partial charge in [-0.05, 0) is 32.4 Å². The molecule has 2 N–H and O–H groups in total. The van der Waals surface area contributed by atoms with E-state index in [1.165, 1.54) is 26.0 Å². The molecule has 0 saturated carbocycles. The van der Waals surface area contributed by atoms with Crippen LogP contribution in [-0.2, 0) is 9.59 Å². The van der Waals surface area contributed by atoms with E-state index in [4.69, 9.17) is 5.11 Å². The van der Waals surface area contributed by atoms with Crippen LogP contribution in [0.15, 0.2) is 18.2 Å². The van der Waals surface area contributed by atoms with Gasteiger partial charge in [-0.25, -0.2) is 4.39 Å². The Balaban J connectivity index is 3.00. The second kappa shape index (κ2) is 4.53. The standard InChI is InChI=1S/C12H14FNO3/c1-7-5-4-6-8(13)9(7)14-10(15)12(2,3)11(16)17/h4-6H,1-3H3,(H,14,15)(H,16,17). The molecule has 0 aliphatic heterocycles. The summed E-state index contributed by atoms with van der Waals surface area (Å²) in [4.78, 5) is 22.6. The molecule has 0 saturated heterocycles. The maximum absolute atomic E-state index is 13.4. The number of aryl methyl sites for hydroxylation is 1. The topological polar surface area (TPSA) is 66.4 Å². The second-order valence-corrected chi connectivity index (χ2v) is 4.32. The SMILES string of the molecule is Cc1cccc(F)c1NC(=O)C(C)(C)C(=O)O. The van der Waals surface area contributed by atoms with Gasteiger partial charge in [0.15, 0.2) is 0 Å². The molecule has 17 heavy (non-hydrogen) atoms. The van der Waals surface area contributed by atoms with E-state index in [-0.39, 0.29) is 5.69 Å². The Morgan fingerprint density at radius 3 is 2.41 bits per heavy atom. The molecule has 0 atom stereocenters. The van der Waals surface area contributed by atoms with Crippen molar-refractivity contribution < 1.29 is 19.1 Å². The minimum absolute atomic E-state index is 0.0202. The van der Waals surface area contributed by atoms with Gasteiger partial charge in [0.25, 0.3) is 0 Å². The average Bonchev–Trinajstić information content (AvgIpc) is 2.23. The van der Waals surface area contributed by atoms with E-state index < -0.39 is 23.1 Å². The summed E-state index contributed by atoms with van der Waals surface area (Å²) in [6, 6.07) is 4.35. The summed E-state index contributed by atoms with van der Waals surface area (Å²) in [5.74, 6) is -2.60. The van der Waals surface area contributed by atoms with Gasteiger partial charge in [-0.15, -0.1) is 0 Å². The van der Waals surface area contributed by atoms with Gasteiger partial charge in [-0.2, -0.15) is 0 Å². The summed E-state index contributed by atoms with van der Waals surface area (Å²) in [7, 11) is 0. The van der Waals surface area contributed by atoms with E-state index in [1.807, 2.05) is 0 Å². The van der Waals surface area contributed by atoms with Gasteiger partial charge < -0.3 is 10.4 Å². The minimum Gasteiger partial charge on any atom is -0.480 e. The van der Waals surface area contributed by atoms with E-state index >= 15 is 0 Å². The second-order valence-electron chi connectivity index (χ2n) is 4.32. The first-order valence-electron chi connectivity index (χ1n) is 5.06. The highest BCUT2D eigenvalue weighted by Crippen LogP contribution is 2.23. The van der Waals surface area contributed by atoms with Gasteiger partial charge in [0.05, 0.1) is 5.69 Å². The minimum atomic E-state index is -1.60. The lowest BCUT2D eigenvalue weighted by atomic mass is 9.92. The van der Waals surface area contributed by atoms with E-state index in [9.17, 15) is 14.0 Å². The predicted octanol–water partition coefficient (Wildman–Crippen LogP) is 2.18. The van der Waals surface area contributed by atoms with Crippen molar-refractivity contribution in [2.75, 3.05) is 5.32 Å². The molecule has 0 radical (unpaired) electrons. The van der Waals surface area contributed by atoms with Gasteiger partial charge in [0, 0.05) is 0 Å². The number of rotatable bonds is 3. The van der Waals surface area contributed by atoms with Crippen LogP contribution in [0.1, 0.15) is 19.4 Å². The third-order valence-corrected chi connectivity index (χ3v) is 2.56. The molecule has 92 valence electrons. The first kappa shape index (κ1) is 13.2. The van der Waals surface area contributed by atoms with Crippen LogP contribution < -0.4 is 5.32 Å². The molecule has 0 heterocycles. The van der Waals surface area contributed by atoms with Crippen LogP contribution in [0.4, 0.5) is 10.1 Å². The third-order valence-electron chi connectivity index (χ3n) is 2.56. The molecule has 0 unspecified atom stereocenters. The molecule has 0 aliphatic rings. The van der Waals surface area contributed by atoms with E-state index in [0.717, 1.165) is 0 Å². The van der Waals surface area contributed by atoms with E-state index in [1.54, 1.807) is 13.0 Å². The van der Waals surface area contributed by atoms with Crippen molar-refractivity contribution in [3.63, 3.8) is 0 Å². The number of carbonyl (C=O) groups is 2. The Bertz CT molecular complexity index is 449. The largest absolute Gasteiger partial charge is 0.480 e. The Morgan fingerprint density at radius 2 is 1.94 bits per heavy atom. The van der Waals surface area contributed by atoms with Crippen molar-refractivity contribution in [2.45, 2.75) is 20.8 Å². The molecule has 0 bridgehead atoms. The molecule has 4 nitrogen and oxygen atoms in total. The highest BCUT2D eigenvalue weighted by atomic mass is 19.1. The molecule has 1 aromatic carbocycles. The highest BCUT2D eigenvalue weighted by molar-refractivity contribution is 6.07. The fourth-order valence-corrected chi connectivity index (χ4v) is 1.16. The first-order valence-corrected chi connectivity index (χ1v) is 5.06. The summed E-state index contributed by atoms with van der Waals surface area (Å²) in [5, 5.41) is 11.2. The number of halogens is 1. The lowest BCUT2D eigenvalue weighted by Gasteiger charge is -2.19. The molecule has 5 heteroatoms. The van der Waals surface area contributed by atoms with Crippen molar-refractivity contribution in [1.82, 2.24) is 0 Å². The average molecular weight is 239 g/mol. The number of carboxylic acid groups (broad SMARTS) is 1. The number of benzene rings is 1. The maximum atomic E-state index is 13.4. The number of hydrogen-bond donors (Lipinski definition) is 2. The molecule has 0 aliphatic carbocycles. The Kier molecular flexibility index (Phi) is 3.50. The normalized spacial score (nSPS) is 11.1. The smallest absolute Gasteiger partial charge is 0.318 e. The van der Waals surface area contributed by atoms with Gasteiger partial charge >= 0.3 is 5.97 Å². The number of aliphatic carboxylic acids is 1. The number of amides is 1. The number of nitrogens with one attached hydrogen (secondary N) is 1. The third kappa shape index (κ3) is 2.61. The summed E-state index contributed by atoms with van der Waals surface area (Å²) >= 11 is 0. The summed E-state index contributed by atoms with van der Waals surface area (Å²) in [5.41, 5.74) is -1.04. The molecule has 1 rings (SSSR count). The van der Waals surface area contributed by atoms with Gasteiger partial charge in [0.2, 0.25) is 5.91 Å². The molecule has 1 aromatic rings. The lowest BCUT2D eigenvalue weighted by Crippen LogP contribution is -2.38. The van der Waals surface area contributed by atoms with Gasteiger partial charge in [0.1, 0.15) is 11.2 Å². The van der Waals surface area contributed by atoms with Crippen molar-refractivity contribution in [3.05, 3.63) is 29.6 Å². The van der Waals surface area contributed by atoms with Crippen LogP contribution in [-0.4, -0.2) is 17.0 Å². The zero-order valence-corrected chi connectivity index (χ0v) is 9.87. The van der Waals surface area contributed by atoms with Crippen LogP contribution >= 0.6 is 0 Å². The monoisotopic (exact) mass is 239 g/mol. The predicted molar refractivity (Wildman–Crippen MR) is 61.2 cm³/mol. The Labute approximate surface area is 98.5 Å². The number of carbonyl (C=O) groups excluding carboxylic acids is 1. The number of hydrogen-bond acceptors (Lipinski definition) is 2. The van der Waals surface area contributed by atoms with Crippen molar-refractivity contribution in [1.29, 1.82) is 0 Å². The summed E-state index contributed by atoms with van der Waals surface area (Å²) in [6.07, 6.45) is 0. The Hall–Kier alpha value is -1.91. The fourth-order valence-electron chi connectivity index (χ4n) is 1.16. The van der Waals surface area contributed by atoms with Crippen LogP contribution in [0.25, 0.3) is 0 Å². The number of para-hydroxylation sites is 1. The molecular formula is C12H14FNO3. The van der Waals surface area contributed by atoms with Crippen LogP contribution in [0.2, 0.25) is 0 Å². The van der Waals surface area contributed by atoms with Gasteiger partial charge in [-0.1, -0.05) is 12.1 Å². The molecule has 1 amide bonds. The number of carboxylic acids is 1. The van der Waals surface area contributed by atoms with Crippen LogP contribution in [0, 0.1) is 18.2 Å². The number of anilines is 1. The molecule has 0 fully saturated rings. The lowest BCUT2D eigenvalue weighted by molar-refractivity contribution is -0.151. The van der Waals surface area contributed by atoms with Gasteiger partial charge in [-0.3, -0.25) is 9.59 Å². The zero-order chi connectivity index (χ0) is 13.2. The van der Waals surface area contributed by atoms with Crippen molar-refractivity contribution >= 4 is 17.6 Å². The van der Waals surface area contributed by atoms with Crippen LogP contribution in [0.5, 0.6) is 0 Å². The fraction of sp³-hybridized carbons (Fsp3) is 0.333. The van der Waals surface area contributed by atoms with Crippen molar-refractivity contribution in [2.24, 2.45) is 5.41 Å². The summed E-state index contributed by atoms with van der Waals surface area (Å²) < 4.78 is 13.4. The Morgan fingerprint density at radius 1 is 1.35 bits per heavy atom. The molecule has 0 spiro atoms. The maximum Gasteiger partial charge on any atom is 0.318 e. The highest BCUT2D eigenvalue weighted by Gasteiger charge is 2.36. The molecular weight excluding hydrogens is 225 g/mol. The quantitative estimate of drug-likeness (QED) is 0.794. The summed E-state index contributed by atoms with van der Waals surface area (Å²) in [6.45, 7) is 4.16. The molecule has 0 aromatic heterocycles. The first-order chi connectivity index (χ1) is 7.76. The van der Waals surface area contributed by atoms with E-state index in [2.05, 4.69) is 5.32 Å². The van der Waals surface area contributed by atoms with Crippen molar-refractivity contribution in [3.8, 4) is 0 Å². The zero-order valence-electron chi connectivity index (χ0n) is 9.87. The van der Waals surface area contributed by atoms with E-state index in [0.29, 0.717) is 5.56 Å². The van der Waals surface area contributed by atoms with Crippen LogP contribution in [0.3, 0.4) is 0 Å².